The van der Waals surface area contributed by atoms with Gasteiger partial charge in [0.15, 0.2) is 5.82 Å². The number of rotatable bonds is 3. The Balaban J connectivity index is 1.64. The van der Waals surface area contributed by atoms with Crippen LogP contribution in [-0.4, -0.2) is 15.0 Å². The van der Waals surface area contributed by atoms with Crippen molar-refractivity contribution in [2.24, 2.45) is 0 Å². The van der Waals surface area contributed by atoms with Gasteiger partial charge in [-0.15, -0.1) is 5.10 Å². The number of anilines is 2. The van der Waals surface area contributed by atoms with Crippen LogP contribution in [-0.2, 0) is 0 Å². The highest BCUT2D eigenvalue weighted by molar-refractivity contribution is 5.95. The molecule has 0 saturated heterocycles. The third kappa shape index (κ3) is 2.40. The van der Waals surface area contributed by atoms with Crippen LogP contribution < -0.4 is 5.32 Å². The first-order chi connectivity index (χ1) is 12.9. The van der Waals surface area contributed by atoms with Crippen LogP contribution in [0.25, 0.3) is 27.2 Å². The predicted molar refractivity (Wildman–Crippen MR) is 106 cm³/mol. The maximum Gasteiger partial charge on any atom is 0.154 e. The van der Waals surface area contributed by atoms with Crippen molar-refractivity contribution in [3.63, 3.8) is 0 Å². The van der Waals surface area contributed by atoms with E-state index in [-0.39, 0.29) is 0 Å². The fraction of sp³-hybridized carbons (Fsp3) is 0. The van der Waals surface area contributed by atoms with Gasteiger partial charge in [0.25, 0.3) is 0 Å². The number of nitrogens with zero attached hydrogens (tertiary/aromatic N) is 3. The molecule has 1 aromatic heterocycles. The van der Waals surface area contributed by atoms with E-state index in [9.17, 15) is 0 Å². The van der Waals surface area contributed by atoms with Crippen molar-refractivity contribution in [3.05, 3.63) is 91.1 Å². The molecular formula is C22H16N4. The lowest BCUT2D eigenvalue weighted by molar-refractivity contribution is 0.813. The van der Waals surface area contributed by atoms with Gasteiger partial charge in [0.05, 0.1) is 11.9 Å². The lowest BCUT2D eigenvalue weighted by Gasteiger charge is -2.12. The summed E-state index contributed by atoms with van der Waals surface area (Å²) in [7, 11) is 0. The van der Waals surface area contributed by atoms with Crippen molar-refractivity contribution in [1.82, 2.24) is 15.0 Å². The third-order valence-corrected chi connectivity index (χ3v) is 4.60. The van der Waals surface area contributed by atoms with Crippen molar-refractivity contribution in [2.45, 2.75) is 0 Å². The monoisotopic (exact) mass is 336 g/mol. The van der Waals surface area contributed by atoms with Crippen LogP contribution in [0, 0.1) is 0 Å². The molecule has 0 radical (unpaired) electrons. The molecule has 0 amide bonds. The molecule has 5 rings (SSSR count). The van der Waals surface area contributed by atoms with E-state index in [0.29, 0.717) is 0 Å². The number of hydrogen-bond acceptors (Lipinski definition) is 3. The summed E-state index contributed by atoms with van der Waals surface area (Å²) in [6.45, 7) is 0. The number of aromatic nitrogens is 3. The predicted octanol–water partition coefficient (Wildman–Crippen LogP) is 5.32. The van der Waals surface area contributed by atoms with Crippen LogP contribution in [0.15, 0.2) is 91.1 Å². The molecule has 0 fully saturated rings. The molecule has 4 aromatic carbocycles. The summed E-state index contributed by atoms with van der Waals surface area (Å²) in [5.74, 6) is 0.831. The molecule has 1 N–H and O–H groups in total. The molecule has 1 heterocycles. The number of nitrogens with one attached hydrogen (secondary N) is 1. The zero-order chi connectivity index (χ0) is 17.3. The molecule has 0 unspecified atom stereocenters. The van der Waals surface area contributed by atoms with E-state index in [2.05, 4.69) is 70.2 Å². The summed E-state index contributed by atoms with van der Waals surface area (Å²) in [6, 6.07) is 29.1. The smallest absolute Gasteiger partial charge is 0.154 e. The molecule has 124 valence electrons. The van der Waals surface area contributed by atoms with Gasteiger partial charge >= 0.3 is 0 Å². The average molecular weight is 336 g/mol. The molecule has 0 spiro atoms. The third-order valence-electron chi connectivity index (χ3n) is 4.60. The van der Waals surface area contributed by atoms with E-state index in [0.717, 1.165) is 22.6 Å². The minimum absolute atomic E-state index is 0.831. The zero-order valence-electron chi connectivity index (χ0n) is 14.0. The molecule has 0 aliphatic heterocycles. The molecule has 4 nitrogen and oxygen atoms in total. The Morgan fingerprint density at radius 3 is 2.15 bits per heavy atom. The summed E-state index contributed by atoms with van der Waals surface area (Å²) >= 11 is 0. The zero-order valence-corrected chi connectivity index (χ0v) is 14.0. The van der Waals surface area contributed by atoms with E-state index in [4.69, 9.17) is 0 Å². The lowest BCUT2D eigenvalue weighted by Crippen LogP contribution is -2.03. The van der Waals surface area contributed by atoms with Crippen molar-refractivity contribution in [1.29, 1.82) is 0 Å². The molecule has 0 atom stereocenters. The Bertz CT molecular complexity index is 1210. The average Bonchev–Trinajstić information content (AvgIpc) is 3.16. The van der Waals surface area contributed by atoms with Gasteiger partial charge in [-0.1, -0.05) is 78.0 Å². The maximum absolute atomic E-state index is 4.32. The van der Waals surface area contributed by atoms with E-state index in [1.807, 2.05) is 35.0 Å². The molecule has 0 aliphatic rings. The second-order valence-electron chi connectivity index (χ2n) is 6.18. The SMILES string of the molecule is c1ccc2c(Nc3cnnn3-c3cccc4ccccc34)cccc2c1. The van der Waals surface area contributed by atoms with E-state index in [1.165, 1.54) is 16.2 Å². The molecule has 0 saturated carbocycles. The van der Waals surface area contributed by atoms with Gasteiger partial charge in [-0.3, -0.25) is 0 Å². The Kier molecular flexibility index (Phi) is 3.39. The van der Waals surface area contributed by atoms with Crippen LogP contribution in [0.5, 0.6) is 0 Å². The molecular weight excluding hydrogens is 320 g/mol. The van der Waals surface area contributed by atoms with Gasteiger partial charge < -0.3 is 5.32 Å². The molecule has 0 aliphatic carbocycles. The van der Waals surface area contributed by atoms with E-state index >= 15 is 0 Å². The van der Waals surface area contributed by atoms with Crippen molar-refractivity contribution in [2.75, 3.05) is 5.32 Å². The van der Waals surface area contributed by atoms with Gasteiger partial charge in [0.1, 0.15) is 0 Å². The fourth-order valence-electron chi connectivity index (χ4n) is 3.36. The van der Waals surface area contributed by atoms with Gasteiger partial charge in [-0.25, -0.2) is 0 Å². The Morgan fingerprint density at radius 1 is 0.654 bits per heavy atom. The minimum atomic E-state index is 0.831. The Morgan fingerprint density at radius 2 is 1.31 bits per heavy atom. The van der Waals surface area contributed by atoms with Crippen LogP contribution in [0.3, 0.4) is 0 Å². The first kappa shape index (κ1) is 14.7. The standard InChI is InChI=1S/C22H16N4/c1-3-11-18-16(7-1)9-5-13-20(18)24-22-15-23-25-26(22)21-14-6-10-17-8-2-4-12-19(17)21/h1-15,24H. The van der Waals surface area contributed by atoms with Crippen molar-refractivity contribution < 1.29 is 0 Å². The fourth-order valence-corrected chi connectivity index (χ4v) is 3.36. The van der Waals surface area contributed by atoms with Gasteiger partial charge in [0.2, 0.25) is 0 Å². The summed E-state index contributed by atoms with van der Waals surface area (Å²) in [4.78, 5) is 0. The summed E-state index contributed by atoms with van der Waals surface area (Å²) < 4.78 is 1.85. The number of hydrogen-bond donors (Lipinski definition) is 1. The quantitative estimate of drug-likeness (QED) is 0.485. The van der Waals surface area contributed by atoms with Crippen molar-refractivity contribution >= 4 is 33.1 Å². The largest absolute Gasteiger partial charge is 0.338 e. The summed E-state index contributed by atoms with van der Waals surface area (Å²) in [5, 5.41) is 16.6. The highest BCUT2D eigenvalue weighted by atomic mass is 15.5. The van der Waals surface area contributed by atoms with Crippen LogP contribution >= 0.6 is 0 Å². The number of fused-ring (bicyclic) bond motifs is 2. The summed E-state index contributed by atoms with van der Waals surface area (Å²) in [5.41, 5.74) is 2.04. The topological polar surface area (TPSA) is 42.7 Å². The van der Waals surface area contributed by atoms with Gasteiger partial charge in [0, 0.05) is 16.5 Å². The summed E-state index contributed by atoms with van der Waals surface area (Å²) in [6.07, 6.45) is 1.75. The Labute approximate surface area is 150 Å². The van der Waals surface area contributed by atoms with Gasteiger partial charge in [-0.05, 0) is 22.9 Å². The normalized spacial score (nSPS) is 11.1. The highest BCUT2D eigenvalue weighted by Gasteiger charge is 2.10. The highest BCUT2D eigenvalue weighted by Crippen LogP contribution is 2.28. The number of benzene rings is 4. The Hall–Kier alpha value is -3.66. The first-order valence-electron chi connectivity index (χ1n) is 8.54. The molecule has 0 bridgehead atoms. The lowest BCUT2D eigenvalue weighted by atomic mass is 10.1. The molecule has 26 heavy (non-hydrogen) atoms. The van der Waals surface area contributed by atoms with E-state index < -0.39 is 0 Å². The second-order valence-corrected chi connectivity index (χ2v) is 6.18. The van der Waals surface area contributed by atoms with E-state index in [1.54, 1.807) is 6.20 Å². The van der Waals surface area contributed by atoms with Crippen LogP contribution in [0.1, 0.15) is 0 Å². The molecule has 4 heteroatoms. The maximum atomic E-state index is 4.32. The van der Waals surface area contributed by atoms with Crippen molar-refractivity contribution in [3.8, 4) is 5.69 Å². The minimum Gasteiger partial charge on any atom is -0.338 e. The van der Waals surface area contributed by atoms with Crippen LogP contribution in [0.2, 0.25) is 0 Å². The second kappa shape index (κ2) is 6.01. The molecule has 5 aromatic rings. The first-order valence-corrected chi connectivity index (χ1v) is 8.54. The van der Waals surface area contributed by atoms with Gasteiger partial charge in [-0.2, -0.15) is 4.68 Å². The van der Waals surface area contributed by atoms with Crippen LogP contribution in [0.4, 0.5) is 11.5 Å².